The van der Waals surface area contributed by atoms with Crippen LogP contribution in [0.4, 0.5) is 0 Å². The molecule has 0 aliphatic heterocycles. The number of aliphatic hydroxyl groups is 2. The van der Waals surface area contributed by atoms with Crippen molar-refractivity contribution in [3.8, 4) is 0 Å². The molecule has 0 aromatic heterocycles. The summed E-state index contributed by atoms with van der Waals surface area (Å²) in [5.41, 5.74) is 0. The first kappa shape index (κ1) is 16.9. The van der Waals surface area contributed by atoms with Crippen LogP contribution in [-0.2, 0) is 4.43 Å². The Morgan fingerprint density at radius 2 is 1.89 bits per heavy atom. The largest absolute Gasteiger partial charge is 0.418 e. The van der Waals surface area contributed by atoms with E-state index in [2.05, 4.69) is 19.6 Å². The maximum absolute atomic E-state index is 10.00. The van der Waals surface area contributed by atoms with Crippen LogP contribution in [0.5, 0.6) is 0 Å². The summed E-state index contributed by atoms with van der Waals surface area (Å²) >= 11 is 0. The highest BCUT2D eigenvalue weighted by atomic mass is 28.4. The monoisotopic (exact) mass is 286 g/mol. The van der Waals surface area contributed by atoms with Crippen LogP contribution in [0.3, 0.4) is 0 Å². The number of rotatable bonds is 9. The molecule has 19 heavy (non-hydrogen) atoms. The summed E-state index contributed by atoms with van der Waals surface area (Å²) in [6.07, 6.45) is 9.10. The molecule has 0 heterocycles. The predicted molar refractivity (Wildman–Crippen MR) is 81.6 cm³/mol. The van der Waals surface area contributed by atoms with E-state index in [0.717, 1.165) is 32.3 Å². The van der Waals surface area contributed by atoms with Gasteiger partial charge in [-0.15, -0.1) is 0 Å². The van der Waals surface area contributed by atoms with E-state index < -0.39 is 8.32 Å². The van der Waals surface area contributed by atoms with E-state index in [4.69, 9.17) is 4.43 Å². The normalized spacial score (nSPS) is 24.9. The molecular formula is C15H30O3Si. The van der Waals surface area contributed by atoms with Crippen molar-refractivity contribution in [3.05, 3.63) is 12.2 Å². The van der Waals surface area contributed by atoms with Crippen LogP contribution >= 0.6 is 0 Å². The Kier molecular flexibility index (Phi) is 7.29. The fourth-order valence-electron chi connectivity index (χ4n) is 2.43. The molecule has 0 radical (unpaired) electrons. The van der Waals surface area contributed by atoms with Gasteiger partial charge in [-0.3, -0.25) is 0 Å². The van der Waals surface area contributed by atoms with Gasteiger partial charge in [0.1, 0.15) is 0 Å². The second-order valence-corrected chi connectivity index (χ2v) is 11.1. The molecule has 1 rings (SSSR count). The zero-order chi connectivity index (χ0) is 14.3. The molecule has 0 saturated carbocycles. The molecular weight excluding hydrogens is 256 g/mol. The highest BCUT2D eigenvalue weighted by Gasteiger charge is 2.26. The summed E-state index contributed by atoms with van der Waals surface area (Å²) in [6.45, 7) is 7.51. The molecule has 0 bridgehead atoms. The van der Waals surface area contributed by atoms with Crippen molar-refractivity contribution in [2.24, 2.45) is 5.92 Å². The SMILES string of the molecule is C[Si](C)(C)OCCCCCCC(O)[C@@H]1C=CC[C@@H]1O. The molecule has 3 nitrogen and oxygen atoms in total. The van der Waals surface area contributed by atoms with E-state index in [0.29, 0.717) is 6.42 Å². The third-order valence-electron chi connectivity index (χ3n) is 3.55. The molecule has 0 spiro atoms. The summed E-state index contributed by atoms with van der Waals surface area (Å²) in [7, 11) is -1.34. The average Bonchev–Trinajstić information content (AvgIpc) is 2.72. The van der Waals surface area contributed by atoms with Crippen LogP contribution in [0.1, 0.15) is 38.5 Å². The van der Waals surface area contributed by atoms with E-state index in [1.165, 1.54) is 6.42 Å². The summed E-state index contributed by atoms with van der Waals surface area (Å²) in [5, 5.41) is 19.7. The minimum atomic E-state index is -1.34. The van der Waals surface area contributed by atoms with Crippen molar-refractivity contribution in [2.45, 2.75) is 70.4 Å². The third kappa shape index (κ3) is 7.25. The van der Waals surface area contributed by atoms with Crippen LogP contribution in [0.15, 0.2) is 12.2 Å². The van der Waals surface area contributed by atoms with Gasteiger partial charge in [0.25, 0.3) is 0 Å². The van der Waals surface area contributed by atoms with Gasteiger partial charge in [-0.2, -0.15) is 0 Å². The minimum absolute atomic E-state index is 0.0461. The first-order chi connectivity index (χ1) is 8.90. The standard InChI is InChI=1S/C15H30O3Si/c1-19(2,3)18-12-7-5-4-6-10-14(16)13-9-8-11-15(13)17/h8-9,13-17H,4-7,10-12H2,1-3H3/t13-,14?,15-/m0/s1. The van der Waals surface area contributed by atoms with Gasteiger partial charge in [-0.25, -0.2) is 0 Å². The lowest BCUT2D eigenvalue weighted by molar-refractivity contribution is 0.0402. The molecule has 4 heteroatoms. The van der Waals surface area contributed by atoms with Crippen LogP contribution < -0.4 is 0 Å². The van der Waals surface area contributed by atoms with Crippen molar-refractivity contribution in [1.82, 2.24) is 0 Å². The highest BCUT2D eigenvalue weighted by Crippen LogP contribution is 2.24. The molecule has 3 atom stereocenters. The fourth-order valence-corrected chi connectivity index (χ4v) is 3.18. The Morgan fingerprint density at radius 1 is 1.21 bits per heavy atom. The van der Waals surface area contributed by atoms with E-state index in [1.54, 1.807) is 0 Å². The highest BCUT2D eigenvalue weighted by molar-refractivity contribution is 6.69. The summed E-state index contributed by atoms with van der Waals surface area (Å²) in [5.74, 6) is -0.0461. The van der Waals surface area contributed by atoms with Gasteiger partial charge in [-0.1, -0.05) is 31.4 Å². The summed E-state index contributed by atoms with van der Waals surface area (Å²) in [6, 6.07) is 0. The Bertz CT molecular complexity index is 273. The predicted octanol–water partition coefficient (Wildman–Crippen LogP) is 3.09. The molecule has 1 aliphatic rings. The molecule has 0 aromatic rings. The van der Waals surface area contributed by atoms with Crippen LogP contribution in [0.25, 0.3) is 0 Å². The Labute approximate surface area is 118 Å². The van der Waals surface area contributed by atoms with Gasteiger partial charge >= 0.3 is 0 Å². The van der Waals surface area contributed by atoms with E-state index in [9.17, 15) is 10.2 Å². The van der Waals surface area contributed by atoms with Gasteiger partial charge in [-0.05, 0) is 38.9 Å². The Hall–Kier alpha value is -0.163. The van der Waals surface area contributed by atoms with Gasteiger partial charge < -0.3 is 14.6 Å². The van der Waals surface area contributed by atoms with Gasteiger partial charge in [0.05, 0.1) is 12.2 Å². The topological polar surface area (TPSA) is 49.7 Å². The maximum Gasteiger partial charge on any atom is 0.183 e. The van der Waals surface area contributed by atoms with Crippen LogP contribution in [0.2, 0.25) is 19.6 Å². The smallest absolute Gasteiger partial charge is 0.183 e. The van der Waals surface area contributed by atoms with Crippen molar-refractivity contribution in [2.75, 3.05) is 6.61 Å². The zero-order valence-electron chi connectivity index (χ0n) is 12.6. The van der Waals surface area contributed by atoms with Crippen molar-refractivity contribution < 1.29 is 14.6 Å². The second kappa shape index (κ2) is 8.20. The second-order valence-electron chi connectivity index (χ2n) is 6.54. The molecule has 1 unspecified atom stereocenters. The maximum atomic E-state index is 10.00. The lowest BCUT2D eigenvalue weighted by Gasteiger charge is -2.20. The summed E-state index contributed by atoms with van der Waals surface area (Å²) < 4.78 is 5.80. The lowest BCUT2D eigenvalue weighted by Crippen LogP contribution is -2.27. The Balaban J connectivity index is 1.97. The number of hydrogen-bond acceptors (Lipinski definition) is 3. The number of unbranched alkanes of at least 4 members (excludes halogenated alkanes) is 3. The summed E-state index contributed by atoms with van der Waals surface area (Å²) in [4.78, 5) is 0. The van der Waals surface area contributed by atoms with E-state index in [-0.39, 0.29) is 18.1 Å². The van der Waals surface area contributed by atoms with Gasteiger partial charge in [0, 0.05) is 12.5 Å². The van der Waals surface area contributed by atoms with Crippen molar-refractivity contribution in [1.29, 1.82) is 0 Å². The van der Waals surface area contributed by atoms with Crippen molar-refractivity contribution in [3.63, 3.8) is 0 Å². The fraction of sp³-hybridized carbons (Fsp3) is 0.867. The molecule has 112 valence electrons. The van der Waals surface area contributed by atoms with Gasteiger partial charge in [0.15, 0.2) is 8.32 Å². The van der Waals surface area contributed by atoms with Crippen molar-refractivity contribution >= 4 is 8.32 Å². The van der Waals surface area contributed by atoms with E-state index in [1.807, 2.05) is 12.2 Å². The molecule has 1 aliphatic carbocycles. The first-order valence-electron chi connectivity index (χ1n) is 7.57. The van der Waals surface area contributed by atoms with Crippen LogP contribution in [0, 0.1) is 5.92 Å². The number of aliphatic hydroxyl groups excluding tert-OH is 2. The van der Waals surface area contributed by atoms with Gasteiger partial charge in [0.2, 0.25) is 0 Å². The molecule has 0 amide bonds. The third-order valence-corrected chi connectivity index (χ3v) is 4.62. The first-order valence-corrected chi connectivity index (χ1v) is 11.0. The van der Waals surface area contributed by atoms with E-state index >= 15 is 0 Å². The lowest BCUT2D eigenvalue weighted by atomic mass is 9.95. The average molecular weight is 286 g/mol. The van der Waals surface area contributed by atoms with Crippen LogP contribution in [-0.4, -0.2) is 37.3 Å². The minimum Gasteiger partial charge on any atom is -0.418 e. The molecule has 0 fully saturated rings. The molecule has 2 N–H and O–H groups in total. The Morgan fingerprint density at radius 3 is 2.47 bits per heavy atom. The number of hydrogen-bond donors (Lipinski definition) is 2. The molecule has 0 saturated heterocycles. The zero-order valence-corrected chi connectivity index (χ0v) is 13.6. The molecule has 0 aromatic carbocycles. The quantitative estimate of drug-likeness (QED) is 0.389.